The third-order valence-electron chi connectivity index (χ3n) is 12.4. The Balaban J connectivity index is 1.57. The van der Waals surface area contributed by atoms with Crippen molar-refractivity contribution in [2.75, 3.05) is 39.8 Å². The molecule has 0 aromatic heterocycles. The van der Waals surface area contributed by atoms with Crippen LogP contribution in [0.5, 0.6) is 0 Å². The predicted molar refractivity (Wildman–Crippen MR) is 252 cm³/mol. The number of likely N-dealkylation sites (N-methyl/N-ethyl adjacent to an activating group) is 1. The summed E-state index contributed by atoms with van der Waals surface area (Å²) in [5, 5.41) is 60.5. The molecule has 0 spiro atoms. The van der Waals surface area contributed by atoms with Crippen molar-refractivity contribution in [2.45, 2.75) is 211 Å². The molecule has 0 aromatic rings. The predicted octanol–water partition coefficient (Wildman–Crippen LogP) is 2.77. The molecule has 2 unspecified atom stereocenters. The number of aliphatic hydroxyl groups is 4. The van der Waals surface area contributed by atoms with Crippen molar-refractivity contribution in [3.8, 4) is 0 Å². The number of amides is 5. The topological polar surface area (TPSA) is 285 Å². The van der Waals surface area contributed by atoms with E-state index in [4.69, 9.17) is 33.2 Å². The molecule has 5 rings (SSSR count). The lowest BCUT2D eigenvalue weighted by atomic mass is 9.72. The van der Waals surface area contributed by atoms with Gasteiger partial charge in [0.2, 0.25) is 0 Å². The number of nitrogens with zero attached hydrogens (tertiary/aromatic N) is 2. The number of hydrogen-bond acceptors (Lipinski definition) is 17. The van der Waals surface area contributed by atoms with Crippen LogP contribution >= 0.6 is 0 Å². The first kappa shape index (κ1) is 56.7. The van der Waals surface area contributed by atoms with Crippen LogP contribution in [0.3, 0.4) is 0 Å². The van der Waals surface area contributed by atoms with Gasteiger partial charge in [-0.1, -0.05) is 0 Å². The molecule has 2 saturated carbocycles. The molecule has 5 amide bonds. The molecule has 0 bridgehead atoms. The highest BCUT2D eigenvalue weighted by Gasteiger charge is 2.57. The fourth-order valence-corrected chi connectivity index (χ4v) is 9.18. The number of ether oxygens (including phenoxy) is 7. The maximum Gasteiger partial charge on any atom is 0.410 e. The van der Waals surface area contributed by atoms with Crippen LogP contribution in [0.25, 0.3) is 0 Å². The summed E-state index contributed by atoms with van der Waals surface area (Å²) < 4.78 is 41.6. The summed E-state index contributed by atoms with van der Waals surface area (Å²) in [6.07, 6.45) is -7.37. The molecule has 4 fully saturated rings. The van der Waals surface area contributed by atoms with Crippen molar-refractivity contribution in [3.63, 3.8) is 0 Å². The molecular formula is C48H82N6O16. The average Bonchev–Trinajstić information content (AvgIpc) is 3.91. The second-order valence-corrected chi connectivity index (χ2v) is 23.8. The molecule has 3 heterocycles. The Bertz CT molecular complexity index is 1900. The molecule has 2 saturated heterocycles. The van der Waals surface area contributed by atoms with E-state index in [1.165, 1.54) is 18.9 Å². The highest BCUT2D eigenvalue weighted by Crippen LogP contribution is 2.39. The normalized spacial score (nSPS) is 32.9. The number of β-amino-alcohol motifs (C(OH)–C–C–N with tert-alkyl or cyclic N) is 1. The molecule has 0 radical (unpaired) electrons. The van der Waals surface area contributed by atoms with Gasteiger partial charge in [-0.3, -0.25) is 4.79 Å². The number of carbonyl (C=O) groups is 5. The van der Waals surface area contributed by atoms with E-state index in [1.54, 1.807) is 83.1 Å². The molecule has 22 heteroatoms. The summed E-state index contributed by atoms with van der Waals surface area (Å²) in [4.78, 5) is 70.4. The molecule has 2 aliphatic carbocycles. The standard InChI is InChI=1S/C48H82N6O16/c1-43(2,3)67-39(58)51-28-18-17-27(23-49-22-26-15-16-26)65-34(28)31-29(52-40(59)68-44(4,5)6)21-30(50-38(57)48(63)19-20-54(24-48)42(61)70-46(10,11)12)35(32(31)55)66-37-33(56)36(47(13,62)25-64-37)53(14)41(60)69-45(7,8)9/h17,26,28-37,49,55-56,62-63H,15-16,18-25H2,1-14H3,(H,50,57)(H,51,58)(H,52,59)/t28-,29+,30-,31?,32+,33-,34+,35+,36-,37-,47+,48?/m1/s1. The van der Waals surface area contributed by atoms with E-state index >= 15 is 0 Å². The van der Waals surface area contributed by atoms with Crippen LogP contribution < -0.4 is 21.3 Å². The van der Waals surface area contributed by atoms with Crippen LogP contribution in [0.2, 0.25) is 0 Å². The number of nitrogens with one attached hydrogen (secondary N) is 4. The summed E-state index contributed by atoms with van der Waals surface area (Å²) in [7, 11) is 1.34. The highest BCUT2D eigenvalue weighted by molar-refractivity contribution is 5.87. The van der Waals surface area contributed by atoms with Crippen molar-refractivity contribution in [1.82, 2.24) is 31.1 Å². The second-order valence-electron chi connectivity index (χ2n) is 23.8. The lowest BCUT2D eigenvalue weighted by molar-refractivity contribution is -0.306. The largest absolute Gasteiger partial charge is 0.491 e. The van der Waals surface area contributed by atoms with Gasteiger partial charge in [-0.25, -0.2) is 19.2 Å². The summed E-state index contributed by atoms with van der Waals surface area (Å²) >= 11 is 0. The first-order chi connectivity index (χ1) is 32.0. The number of aliphatic hydroxyl groups excluding tert-OH is 2. The smallest absolute Gasteiger partial charge is 0.410 e. The van der Waals surface area contributed by atoms with Crippen LogP contribution in [0.15, 0.2) is 11.8 Å². The van der Waals surface area contributed by atoms with Crippen molar-refractivity contribution in [2.24, 2.45) is 11.8 Å². The summed E-state index contributed by atoms with van der Waals surface area (Å²) in [6.45, 7) is 21.7. The molecule has 22 nitrogen and oxygen atoms in total. The third kappa shape index (κ3) is 15.7. The first-order valence-corrected chi connectivity index (χ1v) is 24.4. The Morgan fingerprint density at radius 1 is 0.800 bits per heavy atom. The number of carbonyl (C=O) groups excluding carboxylic acids is 5. The molecule has 70 heavy (non-hydrogen) atoms. The van der Waals surface area contributed by atoms with E-state index in [1.807, 2.05) is 6.08 Å². The quantitative estimate of drug-likeness (QED) is 0.131. The Labute approximate surface area is 412 Å². The highest BCUT2D eigenvalue weighted by atomic mass is 16.7. The monoisotopic (exact) mass is 999 g/mol. The van der Waals surface area contributed by atoms with E-state index in [-0.39, 0.29) is 25.8 Å². The van der Waals surface area contributed by atoms with Gasteiger partial charge in [-0.05, 0) is 134 Å². The summed E-state index contributed by atoms with van der Waals surface area (Å²) in [5.41, 5.74) is -7.66. The minimum atomic E-state index is -2.15. The molecule has 8 N–H and O–H groups in total. The fraction of sp³-hybridized carbons (Fsp3) is 0.854. The Morgan fingerprint density at radius 3 is 1.93 bits per heavy atom. The van der Waals surface area contributed by atoms with Gasteiger partial charge >= 0.3 is 24.4 Å². The zero-order valence-corrected chi connectivity index (χ0v) is 43.6. The third-order valence-corrected chi connectivity index (χ3v) is 12.4. The van der Waals surface area contributed by atoms with Crippen LogP contribution in [-0.2, 0) is 38.0 Å². The zero-order chi connectivity index (χ0) is 52.5. The molecule has 400 valence electrons. The van der Waals surface area contributed by atoms with Gasteiger partial charge in [0, 0.05) is 32.0 Å². The van der Waals surface area contributed by atoms with E-state index in [2.05, 4.69) is 21.3 Å². The number of rotatable bonds is 12. The Hall–Kier alpha value is -4.19. The summed E-state index contributed by atoms with van der Waals surface area (Å²) in [5.74, 6) is -1.09. The van der Waals surface area contributed by atoms with Gasteiger partial charge in [-0.15, -0.1) is 0 Å². The summed E-state index contributed by atoms with van der Waals surface area (Å²) in [6, 6.07) is -4.71. The molecule has 0 aromatic carbocycles. The Kier molecular flexibility index (Phi) is 17.4. The molecule has 3 aliphatic heterocycles. The van der Waals surface area contributed by atoms with Crippen LogP contribution in [0, 0.1) is 11.8 Å². The lowest BCUT2D eigenvalue weighted by Gasteiger charge is -2.52. The lowest BCUT2D eigenvalue weighted by Crippen LogP contribution is -2.71. The minimum absolute atomic E-state index is 0.0258. The molecular weight excluding hydrogens is 917 g/mol. The number of likely N-dealkylation sites (tertiary alicyclic amines) is 1. The van der Waals surface area contributed by atoms with Gasteiger partial charge < -0.3 is 84.7 Å². The number of hydrogen-bond donors (Lipinski definition) is 8. The van der Waals surface area contributed by atoms with Gasteiger partial charge in [0.15, 0.2) is 11.9 Å². The zero-order valence-electron chi connectivity index (χ0n) is 43.6. The SMILES string of the molecule is CN(C(=O)OC(C)(C)C)[C@@H]1[C@@H](O)[C@@H](O[C@H]2[C@H](NC(=O)C3(O)CCN(C(=O)OC(C)(C)C)C3)C[C@H](NC(=O)OC(C)(C)C)C([C@H]3OC(CNCC4CC4)=CC[C@H]3NC(=O)OC(C)(C)C)[C@@H]2O)OC[C@]1(C)O. The van der Waals surface area contributed by atoms with Gasteiger partial charge in [0.1, 0.15) is 52.1 Å². The second kappa shape index (κ2) is 21.5. The van der Waals surface area contributed by atoms with Gasteiger partial charge in [-0.2, -0.15) is 0 Å². The maximum atomic E-state index is 14.4. The van der Waals surface area contributed by atoms with Crippen LogP contribution in [0.1, 0.15) is 122 Å². The number of alkyl carbamates (subject to hydrolysis) is 2. The van der Waals surface area contributed by atoms with Crippen molar-refractivity contribution < 1.29 is 77.6 Å². The Morgan fingerprint density at radius 2 is 1.37 bits per heavy atom. The van der Waals surface area contributed by atoms with Crippen LogP contribution in [0.4, 0.5) is 19.2 Å². The van der Waals surface area contributed by atoms with E-state index in [0.29, 0.717) is 18.2 Å². The van der Waals surface area contributed by atoms with Gasteiger partial charge in [0.05, 0.1) is 43.9 Å². The first-order valence-electron chi connectivity index (χ1n) is 24.4. The molecule has 5 aliphatic rings. The van der Waals surface area contributed by atoms with Crippen molar-refractivity contribution in [1.29, 1.82) is 0 Å². The van der Waals surface area contributed by atoms with E-state index in [0.717, 1.165) is 24.3 Å². The van der Waals surface area contributed by atoms with E-state index in [9.17, 15) is 44.4 Å². The average molecular weight is 999 g/mol. The minimum Gasteiger partial charge on any atom is -0.491 e. The maximum absolute atomic E-state index is 14.4. The van der Waals surface area contributed by atoms with Gasteiger partial charge in [0.25, 0.3) is 5.91 Å². The van der Waals surface area contributed by atoms with Crippen molar-refractivity contribution >= 4 is 30.3 Å². The van der Waals surface area contributed by atoms with Crippen molar-refractivity contribution in [3.05, 3.63) is 11.8 Å². The van der Waals surface area contributed by atoms with Crippen LogP contribution in [-0.4, -0.2) is 189 Å². The molecule has 12 atom stereocenters. The fourth-order valence-electron chi connectivity index (χ4n) is 9.18. The van der Waals surface area contributed by atoms with E-state index < -0.39 is 138 Å².